The van der Waals surface area contributed by atoms with Crippen LogP contribution in [0.2, 0.25) is 0 Å². The lowest BCUT2D eigenvalue weighted by atomic mass is 9.85. The van der Waals surface area contributed by atoms with Gasteiger partial charge in [0.15, 0.2) is 0 Å². The molecule has 1 aliphatic carbocycles. The van der Waals surface area contributed by atoms with Crippen molar-refractivity contribution < 1.29 is 4.79 Å². The average molecular weight is 208 g/mol. The summed E-state index contributed by atoms with van der Waals surface area (Å²) in [6.45, 7) is 5.95. The minimum atomic E-state index is 0.396. The van der Waals surface area contributed by atoms with E-state index < -0.39 is 0 Å². The molecule has 0 radical (unpaired) electrons. The molecule has 0 amide bonds. The number of hydrogen-bond acceptors (Lipinski definition) is 1. The molecule has 86 valence electrons. The average Bonchev–Trinajstić information content (AvgIpc) is 2.27. The van der Waals surface area contributed by atoms with E-state index in [0.717, 1.165) is 30.8 Å². The smallest absolute Gasteiger partial charge is 0.136 e. The van der Waals surface area contributed by atoms with Crippen LogP contribution in [0.4, 0.5) is 0 Å². The highest BCUT2D eigenvalue weighted by Gasteiger charge is 2.14. The first-order chi connectivity index (χ1) is 7.22. The van der Waals surface area contributed by atoms with Crippen LogP contribution in [0.5, 0.6) is 0 Å². The van der Waals surface area contributed by atoms with Crippen LogP contribution in [0.25, 0.3) is 0 Å². The van der Waals surface area contributed by atoms with Gasteiger partial charge in [0.25, 0.3) is 0 Å². The normalized spacial score (nSPS) is 17.7. The second-order valence-electron chi connectivity index (χ2n) is 4.86. The van der Waals surface area contributed by atoms with Gasteiger partial charge in [-0.15, -0.1) is 0 Å². The fourth-order valence-electron chi connectivity index (χ4n) is 2.33. The molecule has 0 aromatic rings. The zero-order chi connectivity index (χ0) is 11.1. The van der Waals surface area contributed by atoms with Crippen LogP contribution in [-0.2, 0) is 4.79 Å². The lowest BCUT2D eigenvalue weighted by molar-refractivity contribution is -0.118. The monoisotopic (exact) mass is 208 g/mol. The molecule has 0 unspecified atom stereocenters. The van der Waals surface area contributed by atoms with Crippen molar-refractivity contribution in [2.45, 2.75) is 64.7 Å². The summed E-state index contributed by atoms with van der Waals surface area (Å²) >= 11 is 0. The Morgan fingerprint density at radius 3 is 2.53 bits per heavy atom. The molecule has 0 aliphatic heterocycles. The van der Waals surface area contributed by atoms with Crippen molar-refractivity contribution in [1.29, 1.82) is 0 Å². The van der Waals surface area contributed by atoms with Gasteiger partial charge >= 0.3 is 0 Å². The van der Waals surface area contributed by atoms with E-state index in [-0.39, 0.29) is 0 Å². The summed E-state index contributed by atoms with van der Waals surface area (Å²) in [4.78, 5) is 11.6. The van der Waals surface area contributed by atoms with Crippen molar-refractivity contribution in [1.82, 2.24) is 0 Å². The summed E-state index contributed by atoms with van der Waals surface area (Å²) < 4.78 is 0. The first-order valence-corrected chi connectivity index (χ1v) is 6.40. The predicted molar refractivity (Wildman–Crippen MR) is 64.9 cm³/mol. The van der Waals surface area contributed by atoms with Gasteiger partial charge in [0, 0.05) is 12.8 Å². The van der Waals surface area contributed by atoms with Gasteiger partial charge in [-0.2, -0.15) is 0 Å². The zero-order valence-electron chi connectivity index (χ0n) is 10.1. The summed E-state index contributed by atoms with van der Waals surface area (Å²) in [6.07, 6.45) is 10.3. The van der Waals surface area contributed by atoms with Crippen molar-refractivity contribution in [3.63, 3.8) is 0 Å². The largest absolute Gasteiger partial charge is 0.299 e. The second-order valence-corrected chi connectivity index (χ2v) is 4.86. The third kappa shape index (κ3) is 5.15. The molecule has 0 N–H and O–H groups in total. The van der Waals surface area contributed by atoms with Gasteiger partial charge in [0.1, 0.15) is 5.78 Å². The Bertz CT molecular complexity index is 211. The van der Waals surface area contributed by atoms with Crippen LogP contribution in [0.3, 0.4) is 0 Å². The Kier molecular flexibility index (Phi) is 5.67. The van der Waals surface area contributed by atoms with E-state index in [2.05, 4.69) is 13.5 Å². The first kappa shape index (κ1) is 12.5. The lowest BCUT2D eigenvalue weighted by Gasteiger charge is -2.20. The molecule has 1 fully saturated rings. The Morgan fingerprint density at radius 1 is 1.27 bits per heavy atom. The molecule has 1 saturated carbocycles. The molecule has 0 aromatic heterocycles. The minimum absolute atomic E-state index is 0.396. The van der Waals surface area contributed by atoms with Crippen LogP contribution in [-0.4, -0.2) is 5.78 Å². The molecule has 1 aliphatic rings. The van der Waals surface area contributed by atoms with E-state index in [0.29, 0.717) is 12.2 Å². The Morgan fingerprint density at radius 2 is 1.93 bits per heavy atom. The van der Waals surface area contributed by atoms with E-state index in [1.165, 1.54) is 32.1 Å². The molecular formula is C14H24O. The van der Waals surface area contributed by atoms with Gasteiger partial charge < -0.3 is 0 Å². The maximum atomic E-state index is 11.6. The summed E-state index contributed by atoms with van der Waals surface area (Å²) in [5.74, 6) is 1.23. The Balaban J connectivity index is 2.12. The van der Waals surface area contributed by atoms with Crippen molar-refractivity contribution in [2.75, 3.05) is 0 Å². The van der Waals surface area contributed by atoms with Crippen LogP contribution < -0.4 is 0 Å². The molecule has 0 saturated heterocycles. The van der Waals surface area contributed by atoms with Gasteiger partial charge in [0.05, 0.1) is 0 Å². The predicted octanol–water partition coefficient (Wildman–Crippen LogP) is 4.27. The summed E-state index contributed by atoms with van der Waals surface area (Å²) in [5, 5.41) is 0. The van der Waals surface area contributed by atoms with E-state index >= 15 is 0 Å². The third-order valence-corrected chi connectivity index (χ3v) is 3.50. The van der Waals surface area contributed by atoms with Gasteiger partial charge in [-0.1, -0.05) is 51.2 Å². The van der Waals surface area contributed by atoms with Gasteiger partial charge in [-0.05, 0) is 18.8 Å². The molecule has 1 rings (SSSR count). The molecule has 1 nitrogen and oxygen atoms in total. The molecule has 15 heavy (non-hydrogen) atoms. The SMILES string of the molecule is C=C(CC)CC(=O)CCC1CCCCC1. The second kappa shape index (κ2) is 6.81. The van der Waals surface area contributed by atoms with E-state index in [4.69, 9.17) is 0 Å². The summed E-state index contributed by atoms with van der Waals surface area (Å²) in [7, 11) is 0. The number of rotatable bonds is 6. The fourth-order valence-corrected chi connectivity index (χ4v) is 2.33. The van der Waals surface area contributed by atoms with E-state index in [1.54, 1.807) is 0 Å². The highest BCUT2D eigenvalue weighted by atomic mass is 16.1. The number of Topliss-reactive ketones (excluding diaryl/α,β-unsaturated/α-hetero) is 1. The number of hydrogen-bond donors (Lipinski definition) is 0. The molecule has 0 heterocycles. The summed E-state index contributed by atoms with van der Waals surface area (Å²) in [5.41, 5.74) is 1.09. The number of ketones is 1. The van der Waals surface area contributed by atoms with Crippen molar-refractivity contribution in [3.05, 3.63) is 12.2 Å². The molecule has 0 bridgehead atoms. The maximum absolute atomic E-state index is 11.6. The van der Waals surface area contributed by atoms with Crippen LogP contribution >= 0.6 is 0 Å². The number of carbonyl (C=O) groups excluding carboxylic acids is 1. The first-order valence-electron chi connectivity index (χ1n) is 6.40. The number of allylic oxidation sites excluding steroid dienone is 1. The van der Waals surface area contributed by atoms with Crippen molar-refractivity contribution in [3.8, 4) is 0 Å². The highest BCUT2D eigenvalue weighted by molar-refractivity contribution is 5.80. The van der Waals surface area contributed by atoms with Crippen LogP contribution in [0, 0.1) is 5.92 Å². The molecular weight excluding hydrogens is 184 g/mol. The van der Waals surface area contributed by atoms with E-state index in [9.17, 15) is 4.79 Å². The van der Waals surface area contributed by atoms with Gasteiger partial charge in [0.2, 0.25) is 0 Å². The van der Waals surface area contributed by atoms with Gasteiger partial charge in [-0.25, -0.2) is 0 Å². The Hall–Kier alpha value is -0.590. The lowest BCUT2D eigenvalue weighted by Crippen LogP contribution is -2.09. The molecule has 0 atom stereocenters. The minimum Gasteiger partial charge on any atom is -0.299 e. The van der Waals surface area contributed by atoms with E-state index in [1.807, 2.05) is 0 Å². The number of carbonyl (C=O) groups is 1. The Labute approximate surface area is 93.9 Å². The molecule has 0 aromatic carbocycles. The molecule has 0 spiro atoms. The quantitative estimate of drug-likeness (QED) is 0.596. The topological polar surface area (TPSA) is 17.1 Å². The van der Waals surface area contributed by atoms with Crippen molar-refractivity contribution in [2.24, 2.45) is 5.92 Å². The van der Waals surface area contributed by atoms with Crippen LogP contribution in [0.15, 0.2) is 12.2 Å². The van der Waals surface area contributed by atoms with Crippen LogP contribution in [0.1, 0.15) is 64.7 Å². The standard InChI is InChI=1S/C14H24O/c1-3-12(2)11-14(15)10-9-13-7-5-4-6-8-13/h13H,2-11H2,1H3. The highest BCUT2D eigenvalue weighted by Crippen LogP contribution is 2.27. The zero-order valence-corrected chi connectivity index (χ0v) is 10.1. The van der Waals surface area contributed by atoms with Gasteiger partial charge in [-0.3, -0.25) is 4.79 Å². The molecule has 1 heteroatoms. The summed E-state index contributed by atoms with van der Waals surface area (Å²) in [6, 6.07) is 0. The van der Waals surface area contributed by atoms with Crippen molar-refractivity contribution >= 4 is 5.78 Å². The fraction of sp³-hybridized carbons (Fsp3) is 0.786. The maximum Gasteiger partial charge on any atom is 0.136 e. The third-order valence-electron chi connectivity index (χ3n) is 3.50.